The summed E-state index contributed by atoms with van der Waals surface area (Å²) in [4.78, 5) is 27.9. The maximum Gasteiger partial charge on any atom is 0.264 e. The first-order valence-electron chi connectivity index (χ1n) is 9.93. The number of nitrogens with zero attached hydrogens (tertiary/aromatic N) is 1. The monoisotopic (exact) mass is 463 g/mol. The number of rotatable bonds is 6. The van der Waals surface area contributed by atoms with E-state index in [0.29, 0.717) is 23.4 Å². The first kappa shape index (κ1) is 20.5. The second-order valence-electron chi connectivity index (χ2n) is 7.55. The Balaban J connectivity index is 1.68. The zero-order valence-corrected chi connectivity index (χ0v) is 18.2. The molecule has 4 rings (SSSR count). The molecule has 1 N–H and O–H groups in total. The number of aliphatic hydroxyl groups is 1. The molecule has 0 saturated carbocycles. The van der Waals surface area contributed by atoms with E-state index in [1.54, 1.807) is 29.2 Å². The van der Waals surface area contributed by atoms with Crippen molar-refractivity contribution < 1.29 is 14.7 Å². The van der Waals surface area contributed by atoms with E-state index in [9.17, 15) is 14.7 Å². The molecule has 1 atom stereocenters. The maximum atomic E-state index is 13.4. The van der Waals surface area contributed by atoms with Gasteiger partial charge in [0, 0.05) is 15.6 Å². The van der Waals surface area contributed by atoms with E-state index in [-0.39, 0.29) is 12.2 Å². The number of amides is 1. The molecule has 0 spiro atoms. The van der Waals surface area contributed by atoms with Gasteiger partial charge in [-0.25, -0.2) is 0 Å². The highest BCUT2D eigenvalue weighted by Gasteiger charge is 2.51. The van der Waals surface area contributed by atoms with E-state index in [1.807, 2.05) is 55.5 Å². The van der Waals surface area contributed by atoms with E-state index in [4.69, 9.17) is 0 Å². The van der Waals surface area contributed by atoms with Crippen LogP contribution < -0.4 is 4.90 Å². The Morgan fingerprint density at radius 1 is 1.00 bits per heavy atom. The molecule has 0 aliphatic carbocycles. The summed E-state index contributed by atoms with van der Waals surface area (Å²) in [6.45, 7) is 2.38. The summed E-state index contributed by atoms with van der Waals surface area (Å²) in [5.74, 6) is -0.737. The SMILES string of the molecule is CCc1ccc(C(=O)CC2(O)C(=O)N(Cc3ccccc3)c3ccc(Br)cc32)cc1. The van der Waals surface area contributed by atoms with Crippen molar-refractivity contribution in [2.24, 2.45) is 0 Å². The van der Waals surface area contributed by atoms with Crippen LogP contribution in [0.15, 0.2) is 77.3 Å². The number of hydrogen-bond donors (Lipinski definition) is 1. The molecule has 3 aromatic carbocycles. The Hall–Kier alpha value is -2.76. The van der Waals surface area contributed by atoms with Crippen molar-refractivity contribution in [1.29, 1.82) is 0 Å². The molecule has 0 radical (unpaired) electrons. The van der Waals surface area contributed by atoms with Crippen molar-refractivity contribution in [2.75, 3.05) is 4.90 Å². The minimum Gasteiger partial charge on any atom is -0.375 e. The van der Waals surface area contributed by atoms with Crippen molar-refractivity contribution in [3.8, 4) is 0 Å². The second kappa shape index (κ2) is 8.17. The highest BCUT2D eigenvalue weighted by atomic mass is 79.9. The topological polar surface area (TPSA) is 57.6 Å². The second-order valence-corrected chi connectivity index (χ2v) is 8.46. The number of carbonyl (C=O) groups is 2. The maximum absolute atomic E-state index is 13.4. The molecule has 152 valence electrons. The average molecular weight is 464 g/mol. The Morgan fingerprint density at radius 3 is 2.37 bits per heavy atom. The Labute approximate surface area is 184 Å². The van der Waals surface area contributed by atoms with Crippen LogP contribution in [0.3, 0.4) is 0 Å². The number of benzene rings is 3. The minimum atomic E-state index is -1.89. The molecule has 0 aromatic heterocycles. The Bertz CT molecular complexity index is 1100. The number of carbonyl (C=O) groups excluding carboxylic acids is 2. The van der Waals surface area contributed by atoms with Gasteiger partial charge in [0.1, 0.15) is 0 Å². The molecule has 5 heteroatoms. The molecule has 30 heavy (non-hydrogen) atoms. The zero-order valence-electron chi connectivity index (χ0n) is 16.6. The lowest BCUT2D eigenvalue weighted by Crippen LogP contribution is -2.41. The van der Waals surface area contributed by atoms with Gasteiger partial charge < -0.3 is 10.0 Å². The van der Waals surface area contributed by atoms with Gasteiger partial charge in [-0.2, -0.15) is 0 Å². The van der Waals surface area contributed by atoms with Crippen LogP contribution in [-0.2, 0) is 23.4 Å². The van der Waals surface area contributed by atoms with E-state index < -0.39 is 11.5 Å². The molecule has 1 aliphatic heterocycles. The fourth-order valence-electron chi connectivity index (χ4n) is 3.88. The van der Waals surface area contributed by atoms with E-state index in [0.717, 1.165) is 22.0 Å². The molecular formula is C25H22BrNO3. The van der Waals surface area contributed by atoms with E-state index in [2.05, 4.69) is 15.9 Å². The third kappa shape index (κ3) is 3.71. The number of aryl methyl sites for hydroxylation is 1. The fraction of sp³-hybridized carbons (Fsp3) is 0.200. The van der Waals surface area contributed by atoms with Crippen LogP contribution in [0.2, 0.25) is 0 Å². The minimum absolute atomic E-state index is 0.263. The molecule has 1 heterocycles. The molecule has 1 aliphatic rings. The Kier molecular flexibility index (Phi) is 5.58. The molecular weight excluding hydrogens is 442 g/mol. The fourth-order valence-corrected chi connectivity index (χ4v) is 4.24. The van der Waals surface area contributed by atoms with Crippen molar-refractivity contribution in [3.05, 3.63) is 99.5 Å². The normalized spacial score (nSPS) is 17.8. The number of hydrogen-bond acceptors (Lipinski definition) is 3. The van der Waals surface area contributed by atoms with Gasteiger partial charge in [-0.3, -0.25) is 9.59 Å². The first-order chi connectivity index (χ1) is 14.4. The van der Waals surface area contributed by atoms with Gasteiger partial charge in [0.05, 0.1) is 18.7 Å². The molecule has 3 aromatic rings. The summed E-state index contributed by atoms with van der Waals surface area (Å²) in [5.41, 5.74) is 1.76. The third-order valence-electron chi connectivity index (χ3n) is 5.58. The Morgan fingerprint density at radius 2 is 1.70 bits per heavy atom. The van der Waals surface area contributed by atoms with Crippen molar-refractivity contribution >= 4 is 33.3 Å². The van der Waals surface area contributed by atoms with Crippen molar-refractivity contribution in [1.82, 2.24) is 0 Å². The number of anilines is 1. The van der Waals surface area contributed by atoms with Gasteiger partial charge in [0.25, 0.3) is 5.91 Å². The van der Waals surface area contributed by atoms with Gasteiger partial charge in [0.2, 0.25) is 0 Å². The lowest BCUT2D eigenvalue weighted by Gasteiger charge is -2.23. The van der Waals surface area contributed by atoms with Crippen LogP contribution in [0.4, 0.5) is 5.69 Å². The largest absolute Gasteiger partial charge is 0.375 e. The number of fused-ring (bicyclic) bond motifs is 1. The highest BCUT2D eigenvalue weighted by molar-refractivity contribution is 9.10. The summed E-state index contributed by atoms with van der Waals surface area (Å²) < 4.78 is 0.744. The van der Waals surface area contributed by atoms with Gasteiger partial charge in [-0.05, 0) is 35.7 Å². The first-order valence-corrected chi connectivity index (χ1v) is 10.7. The van der Waals surface area contributed by atoms with Gasteiger partial charge in [-0.1, -0.05) is 77.5 Å². The number of Topliss-reactive ketones (excluding diaryl/α,β-unsaturated/α-hetero) is 1. The van der Waals surface area contributed by atoms with Crippen LogP contribution in [0.1, 0.15) is 40.4 Å². The van der Waals surface area contributed by atoms with E-state index in [1.165, 1.54) is 0 Å². The number of ketones is 1. The lowest BCUT2D eigenvalue weighted by atomic mass is 9.88. The van der Waals surface area contributed by atoms with E-state index >= 15 is 0 Å². The van der Waals surface area contributed by atoms with Gasteiger partial charge in [-0.15, -0.1) is 0 Å². The molecule has 1 amide bonds. The summed E-state index contributed by atoms with van der Waals surface area (Å²) in [6, 6.07) is 22.3. The van der Waals surface area contributed by atoms with Gasteiger partial charge in [0.15, 0.2) is 11.4 Å². The van der Waals surface area contributed by atoms with Crippen molar-refractivity contribution in [2.45, 2.75) is 31.9 Å². The third-order valence-corrected chi connectivity index (χ3v) is 6.07. The van der Waals surface area contributed by atoms with Crippen LogP contribution in [0.5, 0.6) is 0 Å². The predicted octanol–water partition coefficient (Wildman–Crippen LogP) is 5.02. The summed E-state index contributed by atoms with van der Waals surface area (Å²) >= 11 is 3.42. The molecule has 0 fully saturated rings. The van der Waals surface area contributed by atoms with Crippen LogP contribution in [0.25, 0.3) is 0 Å². The summed E-state index contributed by atoms with van der Waals surface area (Å²) in [7, 11) is 0. The molecule has 0 saturated heterocycles. The smallest absolute Gasteiger partial charge is 0.264 e. The average Bonchev–Trinajstić information content (AvgIpc) is 2.96. The molecule has 0 bridgehead atoms. The van der Waals surface area contributed by atoms with Gasteiger partial charge >= 0.3 is 0 Å². The summed E-state index contributed by atoms with van der Waals surface area (Å²) in [6.07, 6.45) is 0.582. The predicted molar refractivity (Wildman–Crippen MR) is 120 cm³/mol. The van der Waals surface area contributed by atoms with Crippen molar-refractivity contribution in [3.63, 3.8) is 0 Å². The molecule has 1 unspecified atom stereocenters. The quantitative estimate of drug-likeness (QED) is 0.522. The van der Waals surface area contributed by atoms with Crippen LogP contribution in [0, 0.1) is 0 Å². The highest BCUT2D eigenvalue weighted by Crippen LogP contribution is 2.44. The van der Waals surface area contributed by atoms with Crippen LogP contribution in [-0.4, -0.2) is 16.8 Å². The zero-order chi connectivity index (χ0) is 21.3. The lowest BCUT2D eigenvalue weighted by molar-refractivity contribution is -0.136. The molecule has 4 nitrogen and oxygen atoms in total. The van der Waals surface area contributed by atoms with Crippen LogP contribution >= 0.6 is 15.9 Å². The number of halogens is 1. The standard InChI is InChI=1S/C25H22BrNO3/c1-2-17-8-10-19(11-9-17)23(28)15-25(30)21-14-20(26)12-13-22(21)27(24(25)29)16-18-6-4-3-5-7-18/h3-14,30H,2,15-16H2,1H3. The summed E-state index contributed by atoms with van der Waals surface area (Å²) in [5, 5.41) is 11.5.